The summed E-state index contributed by atoms with van der Waals surface area (Å²) in [6, 6.07) is 19.5. The molecule has 1 amide bonds. The quantitative estimate of drug-likeness (QED) is 0.281. The third kappa shape index (κ3) is 4.77. The molecule has 0 unspecified atom stereocenters. The number of hydrogen-bond acceptors (Lipinski definition) is 5. The highest BCUT2D eigenvalue weighted by atomic mass is 35.5. The number of nitrogens with zero attached hydrogens (tertiary/aromatic N) is 4. The summed E-state index contributed by atoms with van der Waals surface area (Å²) in [6.07, 6.45) is 0. The molecule has 0 radical (unpaired) electrons. The molecule has 0 atom stereocenters. The molecule has 3 aromatic carbocycles. The number of amides is 1. The Bertz CT molecular complexity index is 1550. The van der Waals surface area contributed by atoms with Gasteiger partial charge >= 0.3 is 11.2 Å². The van der Waals surface area contributed by atoms with Crippen molar-refractivity contribution in [3.05, 3.63) is 115 Å². The van der Waals surface area contributed by atoms with Crippen molar-refractivity contribution in [3.8, 4) is 0 Å². The number of halogens is 2. The SMILES string of the molecule is O=C(c1ccc(F)cc1)N1CCN(c2c([N+](=O)[O-])c(=O)n(Cc3ccccc3)c3ccc(Cl)cc23)CC1. The molecule has 188 valence electrons. The Kier molecular flexibility index (Phi) is 6.62. The number of nitro groups is 1. The summed E-state index contributed by atoms with van der Waals surface area (Å²) in [5, 5.41) is 13.1. The summed E-state index contributed by atoms with van der Waals surface area (Å²) >= 11 is 6.30. The van der Waals surface area contributed by atoms with E-state index in [1.807, 2.05) is 30.3 Å². The predicted octanol–water partition coefficient (Wildman–Crippen LogP) is 4.71. The van der Waals surface area contributed by atoms with E-state index in [4.69, 9.17) is 11.6 Å². The Hall–Kier alpha value is -4.24. The van der Waals surface area contributed by atoms with Crippen LogP contribution in [0.5, 0.6) is 0 Å². The fourth-order valence-corrected chi connectivity index (χ4v) is 4.89. The van der Waals surface area contributed by atoms with E-state index in [9.17, 15) is 24.1 Å². The number of fused-ring (bicyclic) bond motifs is 1. The molecule has 0 aliphatic carbocycles. The molecule has 2 heterocycles. The van der Waals surface area contributed by atoms with Crippen LogP contribution in [-0.4, -0.2) is 46.5 Å². The number of aromatic nitrogens is 1. The van der Waals surface area contributed by atoms with Crippen molar-refractivity contribution in [2.75, 3.05) is 31.1 Å². The molecule has 0 spiro atoms. The number of benzene rings is 3. The number of hydrogen-bond donors (Lipinski definition) is 0. The zero-order chi connectivity index (χ0) is 26.1. The Morgan fingerprint density at radius 3 is 2.30 bits per heavy atom. The van der Waals surface area contributed by atoms with Crippen LogP contribution in [0.25, 0.3) is 10.9 Å². The molecule has 8 nitrogen and oxygen atoms in total. The highest BCUT2D eigenvalue weighted by Gasteiger charge is 2.32. The number of anilines is 1. The summed E-state index contributed by atoms with van der Waals surface area (Å²) in [5.41, 5.74) is 0.694. The lowest BCUT2D eigenvalue weighted by Crippen LogP contribution is -2.49. The summed E-state index contributed by atoms with van der Waals surface area (Å²) in [4.78, 5) is 41.4. The van der Waals surface area contributed by atoms with Crippen molar-refractivity contribution in [1.82, 2.24) is 9.47 Å². The van der Waals surface area contributed by atoms with Crippen molar-refractivity contribution in [2.45, 2.75) is 6.54 Å². The second-order valence-electron chi connectivity index (χ2n) is 8.78. The summed E-state index contributed by atoms with van der Waals surface area (Å²) in [6.45, 7) is 1.28. The minimum Gasteiger partial charge on any atom is -0.362 e. The predicted molar refractivity (Wildman–Crippen MR) is 140 cm³/mol. The fourth-order valence-electron chi connectivity index (χ4n) is 4.72. The smallest absolute Gasteiger partial charge is 0.357 e. The third-order valence-corrected chi connectivity index (χ3v) is 6.75. The number of pyridine rings is 1. The standard InChI is InChI=1S/C27H22ClFN4O4/c28-20-8-11-23-22(16-20)24(25(33(36)37)27(35)32(23)17-18-4-2-1-3-5-18)30-12-14-31(15-13-30)26(34)19-6-9-21(29)10-7-19/h1-11,16H,12-15,17H2. The van der Waals surface area contributed by atoms with Gasteiger partial charge in [0.05, 0.1) is 17.0 Å². The fraction of sp³-hybridized carbons (Fsp3) is 0.185. The molecule has 1 fully saturated rings. The van der Waals surface area contributed by atoms with Crippen LogP contribution in [-0.2, 0) is 6.54 Å². The molecular weight excluding hydrogens is 499 g/mol. The van der Waals surface area contributed by atoms with Gasteiger partial charge in [0, 0.05) is 42.2 Å². The number of carbonyl (C=O) groups excluding carboxylic acids is 1. The molecule has 10 heteroatoms. The van der Waals surface area contributed by atoms with Crippen molar-refractivity contribution >= 4 is 39.8 Å². The number of piperazine rings is 1. The summed E-state index contributed by atoms with van der Waals surface area (Å²) in [7, 11) is 0. The second-order valence-corrected chi connectivity index (χ2v) is 9.22. The maximum Gasteiger partial charge on any atom is 0.357 e. The minimum atomic E-state index is -0.705. The van der Waals surface area contributed by atoms with Crippen LogP contribution in [0.1, 0.15) is 15.9 Å². The van der Waals surface area contributed by atoms with E-state index in [-0.39, 0.29) is 44.3 Å². The van der Waals surface area contributed by atoms with Gasteiger partial charge in [0.15, 0.2) is 0 Å². The van der Waals surface area contributed by atoms with Crippen molar-refractivity contribution in [1.29, 1.82) is 0 Å². The van der Waals surface area contributed by atoms with Gasteiger partial charge in [-0.2, -0.15) is 0 Å². The van der Waals surface area contributed by atoms with Crippen molar-refractivity contribution in [2.24, 2.45) is 0 Å². The molecule has 4 aromatic rings. The van der Waals surface area contributed by atoms with E-state index in [0.29, 0.717) is 21.5 Å². The Balaban J connectivity index is 1.54. The highest BCUT2D eigenvalue weighted by Crippen LogP contribution is 2.36. The third-order valence-electron chi connectivity index (χ3n) is 6.52. The molecule has 1 aliphatic heterocycles. The zero-order valence-corrected chi connectivity index (χ0v) is 20.4. The van der Waals surface area contributed by atoms with Gasteiger partial charge in [-0.3, -0.25) is 24.3 Å². The van der Waals surface area contributed by atoms with Gasteiger partial charge in [0.2, 0.25) is 0 Å². The van der Waals surface area contributed by atoms with Crippen LogP contribution >= 0.6 is 11.6 Å². The molecule has 1 aromatic heterocycles. The number of carbonyl (C=O) groups is 1. The van der Waals surface area contributed by atoms with Gasteiger partial charge in [0.1, 0.15) is 11.5 Å². The topological polar surface area (TPSA) is 88.7 Å². The van der Waals surface area contributed by atoms with Crippen LogP contribution in [0.15, 0.2) is 77.6 Å². The van der Waals surface area contributed by atoms with Gasteiger partial charge < -0.3 is 9.80 Å². The first kappa shape index (κ1) is 24.5. The molecule has 1 saturated heterocycles. The molecule has 1 aliphatic rings. The van der Waals surface area contributed by atoms with Gasteiger partial charge in [0.25, 0.3) is 5.91 Å². The van der Waals surface area contributed by atoms with Crippen LogP contribution in [0.3, 0.4) is 0 Å². The van der Waals surface area contributed by atoms with Crippen LogP contribution in [0.4, 0.5) is 15.8 Å². The molecular formula is C27H22ClFN4O4. The lowest BCUT2D eigenvalue weighted by Gasteiger charge is -2.36. The zero-order valence-electron chi connectivity index (χ0n) is 19.6. The first-order chi connectivity index (χ1) is 17.8. The van der Waals surface area contributed by atoms with Crippen LogP contribution < -0.4 is 10.5 Å². The van der Waals surface area contributed by atoms with E-state index in [1.54, 1.807) is 28.0 Å². The van der Waals surface area contributed by atoms with Crippen LogP contribution in [0, 0.1) is 15.9 Å². The van der Waals surface area contributed by atoms with Gasteiger partial charge in [-0.15, -0.1) is 0 Å². The average Bonchev–Trinajstić information content (AvgIpc) is 2.90. The Morgan fingerprint density at radius 1 is 0.973 bits per heavy atom. The molecule has 0 saturated carbocycles. The first-order valence-corrected chi connectivity index (χ1v) is 12.1. The van der Waals surface area contributed by atoms with Gasteiger partial charge in [-0.05, 0) is 48.0 Å². The summed E-state index contributed by atoms with van der Waals surface area (Å²) < 4.78 is 14.7. The molecule has 0 N–H and O–H groups in total. The lowest BCUT2D eigenvalue weighted by atomic mass is 10.1. The Morgan fingerprint density at radius 2 is 1.65 bits per heavy atom. The van der Waals surface area contributed by atoms with E-state index in [1.165, 1.54) is 28.8 Å². The molecule has 0 bridgehead atoms. The lowest BCUT2D eigenvalue weighted by molar-refractivity contribution is -0.385. The van der Waals surface area contributed by atoms with Gasteiger partial charge in [-0.25, -0.2) is 4.39 Å². The largest absolute Gasteiger partial charge is 0.362 e. The number of rotatable bonds is 5. The highest BCUT2D eigenvalue weighted by molar-refractivity contribution is 6.31. The van der Waals surface area contributed by atoms with E-state index < -0.39 is 22.0 Å². The Labute approximate surface area is 216 Å². The molecule has 37 heavy (non-hydrogen) atoms. The maximum absolute atomic E-state index is 13.5. The average molecular weight is 521 g/mol. The van der Waals surface area contributed by atoms with E-state index in [2.05, 4.69) is 0 Å². The van der Waals surface area contributed by atoms with Gasteiger partial charge in [-0.1, -0.05) is 41.9 Å². The van der Waals surface area contributed by atoms with E-state index in [0.717, 1.165) is 5.56 Å². The first-order valence-electron chi connectivity index (χ1n) is 11.7. The normalized spacial score (nSPS) is 13.7. The van der Waals surface area contributed by atoms with Crippen molar-refractivity contribution in [3.63, 3.8) is 0 Å². The van der Waals surface area contributed by atoms with E-state index >= 15 is 0 Å². The molecule has 5 rings (SSSR count). The maximum atomic E-state index is 13.5. The monoisotopic (exact) mass is 520 g/mol. The summed E-state index contributed by atoms with van der Waals surface area (Å²) in [5.74, 6) is -0.679. The minimum absolute atomic E-state index is 0.166. The van der Waals surface area contributed by atoms with Crippen molar-refractivity contribution < 1.29 is 14.1 Å². The second kappa shape index (κ2) is 10.0. The van der Waals surface area contributed by atoms with Crippen LogP contribution in [0.2, 0.25) is 5.02 Å².